The summed E-state index contributed by atoms with van der Waals surface area (Å²) >= 11 is 0. The van der Waals surface area contributed by atoms with Gasteiger partial charge in [0.15, 0.2) is 0 Å². The number of rotatable bonds is 4. The van der Waals surface area contributed by atoms with Gasteiger partial charge in [-0.15, -0.1) is 0 Å². The predicted molar refractivity (Wildman–Crippen MR) is 65.9 cm³/mol. The van der Waals surface area contributed by atoms with E-state index in [2.05, 4.69) is 10.6 Å². The zero-order valence-electron chi connectivity index (χ0n) is 9.57. The minimum absolute atomic E-state index is 0.107. The van der Waals surface area contributed by atoms with Crippen molar-refractivity contribution in [2.24, 2.45) is 0 Å². The average molecular weight is 230 g/mol. The van der Waals surface area contributed by atoms with Crippen molar-refractivity contribution in [1.29, 1.82) is 0 Å². The maximum absolute atomic E-state index is 11.8. The molecule has 0 atom stereocenters. The van der Waals surface area contributed by atoms with Crippen LogP contribution in [0.4, 0.5) is 5.69 Å². The van der Waals surface area contributed by atoms with Gasteiger partial charge >= 0.3 is 0 Å². The zero-order valence-corrected chi connectivity index (χ0v) is 9.57. The van der Waals surface area contributed by atoms with E-state index in [1.165, 1.54) is 0 Å². The fraction of sp³-hybridized carbons (Fsp3) is 0.154. The van der Waals surface area contributed by atoms with Gasteiger partial charge in [0.25, 0.3) is 5.91 Å². The highest BCUT2D eigenvalue weighted by Crippen LogP contribution is 2.08. The molecule has 1 aromatic heterocycles. The van der Waals surface area contributed by atoms with Crippen LogP contribution in [-0.2, 0) is 6.54 Å². The number of nitrogens with one attached hydrogen (secondary N) is 2. The molecule has 0 bridgehead atoms. The lowest BCUT2D eigenvalue weighted by Gasteiger charge is -2.04. The number of hydrogen-bond acceptors (Lipinski definition) is 3. The fourth-order valence-corrected chi connectivity index (χ4v) is 1.47. The molecule has 0 aliphatic heterocycles. The van der Waals surface area contributed by atoms with Gasteiger partial charge in [0, 0.05) is 18.3 Å². The molecule has 2 rings (SSSR count). The van der Waals surface area contributed by atoms with Crippen LogP contribution in [0.2, 0.25) is 0 Å². The summed E-state index contributed by atoms with van der Waals surface area (Å²) in [4.78, 5) is 11.8. The van der Waals surface area contributed by atoms with Crippen LogP contribution >= 0.6 is 0 Å². The molecule has 1 heterocycles. The third-order valence-electron chi connectivity index (χ3n) is 2.44. The molecule has 0 unspecified atom stereocenters. The molecule has 17 heavy (non-hydrogen) atoms. The van der Waals surface area contributed by atoms with Gasteiger partial charge in [0.2, 0.25) is 0 Å². The van der Waals surface area contributed by atoms with Gasteiger partial charge in [-0.05, 0) is 36.4 Å². The van der Waals surface area contributed by atoms with Crippen LogP contribution in [0.3, 0.4) is 0 Å². The molecule has 2 N–H and O–H groups in total. The first-order valence-electron chi connectivity index (χ1n) is 5.38. The van der Waals surface area contributed by atoms with E-state index < -0.39 is 0 Å². The highest BCUT2D eigenvalue weighted by molar-refractivity contribution is 5.94. The molecule has 2 aromatic rings. The second-order valence-electron chi connectivity index (χ2n) is 3.59. The van der Waals surface area contributed by atoms with Gasteiger partial charge in [-0.2, -0.15) is 0 Å². The minimum Gasteiger partial charge on any atom is -0.467 e. The standard InChI is InChI=1S/C13H14N2O2/c1-14-11-6-4-10(5-7-11)13(16)15-9-12-3-2-8-17-12/h2-8,14H,9H2,1H3,(H,15,16). The van der Waals surface area contributed by atoms with E-state index in [1.807, 2.05) is 25.2 Å². The monoisotopic (exact) mass is 230 g/mol. The summed E-state index contributed by atoms with van der Waals surface area (Å²) in [5.41, 5.74) is 1.61. The predicted octanol–water partition coefficient (Wildman–Crippen LogP) is 2.25. The van der Waals surface area contributed by atoms with Crippen molar-refractivity contribution in [2.45, 2.75) is 6.54 Å². The Morgan fingerprint density at radius 2 is 2.00 bits per heavy atom. The number of carbonyl (C=O) groups is 1. The van der Waals surface area contributed by atoms with E-state index in [0.29, 0.717) is 12.1 Å². The molecule has 0 spiro atoms. The molecule has 1 aromatic carbocycles. The maximum Gasteiger partial charge on any atom is 0.251 e. The van der Waals surface area contributed by atoms with Crippen LogP contribution in [0.15, 0.2) is 47.1 Å². The molecule has 1 amide bonds. The smallest absolute Gasteiger partial charge is 0.251 e. The van der Waals surface area contributed by atoms with Crippen LogP contribution in [0.1, 0.15) is 16.1 Å². The number of hydrogen-bond donors (Lipinski definition) is 2. The summed E-state index contributed by atoms with van der Waals surface area (Å²) in [6.45, 7) is 0.402. The van der Waals surface area contributed by atoms with Crippen molar-refractivity contribution in [1.82, 2.24) is 5.32 Å². The Hall–Kier alpha value is -2.23. The normalized spacial score (nSPS) is 9.94. The lowest BCUT2D eigenvalue weighted by atomic mass is 10.2. The van der Waals surface area contributed by atoms with E-state index in [0.717, 1.165) is 11.4 Å². The van der Waals surface area contributed by atoms with Gasteiger partial charge in [-0.1, -0.05) is 0 Å². The zero-order chi connectivity index (χ0) is 12.1. The molecule has 0 aliphatic rings. The van der Waals surface area contributed by atoms with E-state index in [9.17, 15) is 4.79 Å². The molecular weight excluding hydrogens is 216 g/mol. The largest absolute Gasteiger partial charge is 0.467 e. The van der Waals surface area contributed by atoms with Gasteiger partial charge in [-0.3, -0.25) is 4.79 Å². The maximum atomic E-state index is 11.8. The van der Waals surface area contributed by atoms with Crippen LogP contribution in [-0.4, -0.2) is 13.0 Å². The summed E-state index contributed by atoms with van der Waals surface area (Å²) in [6.07, 6.45) is 1.59. The third kappa shape index (κ3) is 2.87. The Labute approximate surface area is 99.6 Å². The Balaban J connectivity index is 1.95. The van der Waals surface area contributed by atoms with Crippen LogP contribution in [0, 0.1) is 0 Å². The topological polar surface area (TPSA) is 54.3 Å². The van der Waals surface area contributed by atoms with E-state index in [1.54, 1.807) is 24.5 Å². The van der Waals surface area contributed by atoms with Crippen molar-refractivity contribution in [3.8, 4) is 0 Å². The first-order valence-corrected chi connectivity index (χ1v) is 5.38. The van der Waals surface area contributed by atoms with Crippen molar-refractivity contribution in [3.63, 3.8) is 0 Å². The molecule has 0 radical (unpaired) electrons. The van der Waals surface area contributed by atoms with Gasteiger partial charge in [0.1, 0.15) is 5.76 Å². The number of carbonyl (C=O) groups excluding carboxylic acids is 1. The van der Waals surface area contributed by atoms with Crippen LogP contribution in [0.5, 0.6) is 0 Å². The second kappa shape index (κ2) is 5.21. The summed E-state index contributed by atoms with van der Waals surface area (Å²) in [5, 5.41) is 5.79. The quantitative estimate of drug-likeness (QED) is 0.847. The Morgan fingerprint density at radius 3 is 2.59 bits per heavy atom. The third-order valence-corrected chi connectivity index (χ3v) is 2.44. The first-order chi connectivity index (χ1) is 8.29. The van der Waals surface area contributed by atoms with Crippen LogP contribution in [0.25, 0.3) is 0 Å². The molecule has 0 fully saturated rings. The van der Waals surface area contributed by atoms with E-state index in [4.69, 9.17) is 4.42 Å². The van der Waals surface area contributed by atoms with Crippen molar-refractivity contribution in [2.75, 3.05) is 12.4 Å². The fourth-order valence-electron chi connectivity index (χ4n) is 1.47. The summed E-state index contributed by atoms with van der Waals surface area (Å²) < 4.78 is 5.13. The summed E-state index contributed by atoms with van der Waals surface area (Å²) in [6, 6.07) is 10.9. The second-order valence-corrected chi connectivity index (χ2v) is 3.59. The van der Waals surface area contributed by atoms with Gasteiger partial charge < -0.3 is 15.1 Å². The van der Waals surface area contributed by atoms with Crippen molar-refractivity contribution >= 4 is 11.6 Å². The molecule has 0 aliphatic carbocycles. The lowest BCUT2D eigenvalue weighted by Crippen LogP contribution is -2.22. The summed E-state index contributed by atoms with van der Waals surface area (Å²) in [5.74, 6) is 0.634. The SMILES string of the molecule is CNc1ccc(C(=O)NCc2ccco2)cc1. The molecular formula is C13H14N2O2. The number of benzene rings is 1. The lowest BCUT2D eigenvalue weighted by molar-refractivity contribution is 0.0948. The van der Waals surface area contributed by atoms with Crippen LogP contribution < -0.4 is 10.6 Å². The Kier molecular flexibility index (Phi) is 3.45. The number of amides is 1. The Morgan fingerprint density at radius 1 is 1.24 bits per heavy atom. The number of anilines is 1. The molecule has 4 heteroatoms. The number of furan rings is 1. The average Bonchev–Trinajstić information content (AvgIpc) is 2.89. The van der Waals surface area contributed by atoms with Crippen molar-refractivity contribution in [3.05, 3.63) is 54.0 Å². The summed E-state index contributed by atoms with van der Waals surface area (Å²) in [7, 11) is 1.84. The molecule has 0 saturated carbocycles. The van der Waals surface area contributed by atoms with E-state index in [-0.39, 0.29) is 5.91 Å². The minimum atomic E-state index is -0.107. The highest BCUT2D eigenvalue weighted by atomic mass is 16.3. The van der Waals surface area contributed by atoms with Gasteiger partial charge in [0.05, 0.1) is 12.8 Å². The molecule has 0 saturated heterocycles. The molecule has 4 nitrogen and oxygen atoms in total. The van der Waals surface area contributed by atoms with Gasteiger partial charge in [-0.25, -0.2) is 0 Å². The Bertz CT molecular complexity index is 475. The van der Waals surface area contributed by atoms with Crippen molar-refractivity contribution < 1.29 is 9.21 Å². The first kappa shape index (κ1) is 11.3. The van der Waals surface area contributed by atoms with E-state index >= 15 is 0 Å². The highest BCUT2D eigenvalue weighted by Gasteiger charge is 2.05. The molecule has 88 valence electrons.